The predicted molar refractivity (Wildman–Crippen MR) is 252 cm³/mol. The molecule has 0 aromatic rings. The van der Waals surface area contributed by atoms with Crippen molar-refractivity contribution < 1.29 is 28.6 Å². The Morgan fingerprint density at radius 3 is 0.898 bits per heavy atom. The lowest BCUT2D eigenvalue weighted by Gasteiger charge is -2.18. The minimum atomic E-state index is -0.766. The van der Waals surface area contributed by atoms with Crippen molar-refractivity contribution in [3.63, 3.8) is 0 Å². The smallest absolute Gasteiger partial charge is 0.306 e. The molecule has 0 aliphatic carbocycles. The lowest BCUT2D eigenvalue weighted by Crippen LogP contribution is -2.30. The summed E-state index contributed by atoms with van der Waals surface area (Å²) >= 11 is 0. The summed E-state index contributed by atoms with van der Waals surface area (Å²) in [5.41, 5.74) is 0. The normalized spacial score (nSPS) is 12.0. The number of unbranched alkanes of at least 4 members (excludes halogenated alkanes) is 35. The molecule has 59 heavy (non-hydrogen) atoms. The van der Waals surface area contributed by atoms with Gasteiger partial charge in [-0.1, -0.05) is 245 Å². The van der Waals surface area contributed by atoms with Crippen LogP contribution >= 0.6 is 0 Å². The van der Waals surface area contributed by atoms with Gasteiger partial charge in [0, 0.05) is 19.3 Å². The van der Waals surface area contributed by atoms with Gasteiger partial charge >= 0.3 is 17.9 Å². The minimum Gasteiger partial charge on any atom is -0.462 e. The molecule has 0 aliphatic rings. The monoisotopic (exact) mass is 833 g/mol. The lowest BCUT2D eigenvalue weighted by molar-refractivity contribution is -0.167. The van der Waals surface area contributed by atoms with Crippen LogP contribution in [0.4, 0.5) is 0 Å². The van der Waals surface area contributed by atoms with Gasteiger partial charge in [-0.25, -0.2) is 0 Å². The molecule has 0 aromatic carbocycles. The highest BCUT2D eigenvalue weighted by Gasteiger charge is 2.19. The fourth-order valence-electron chi connectivity index (χ4n) is 7.78. The van der Waals surface area contributed by atoms with Crippen molar-refractivity contribution in [2.45, 2.75) is 297 Å². The summed E-state index contributed by atoms with van der Waals surface area (Å²) in [5, 5.41) is 0. The highest BCUT2D eigenvalue weighted by atomic mass is 16.6. The van der Waals surface area contributed by atoms with Crippen LogP contribution in [-0.4, -0.2) is 37.2 Å². The Bertz CT molecular complexity index is 916. The van der Waals surface area contributed by atoms with Crippen molar-refractivity contribution in [2.75, 3.05) is 13.2 Å². The predicted octanol–water partition coefficient (Wildman–Crippen LogP) is 17.0. The molecule has 0 saturated heterocycles. The summed E-state index contributed by atoms with van der Waals surface area (Å²) in [6.07, 6.45) is 53.5. The SMILES string of the molecule is CCCC/C=C\CCCCCCCC(=O)OC(COC(=O)CCCCCCCCCCCC)COC(=O)CCCCCCCCCCCCCCCCCCCCCC. The molecule has 348 valence electrons. The quantitative estimate of drug-likeness (QED) is 0.0263. The fraction of sp³-hybridized carbons (Fsp3) is 0.906. The second-order valence-electron chi connectivity index (χ2n) is 17.8. The molecule has 6 heteroatoms. The van der Waals surface area contributed by atoms with Crippen molar-refractivity contribution in [2.24, 2.45) is 0 Å². The number of allylic oxidation sites excluding steroid dienone is 2. The Kier molecular flexibility index (Phi) is 47.3. The first kappa shape index (κ1) is 57.1. The third-order valence-corrected chi connectivity index (χ3v) is 11.8. The zero-order chi connectivity index (χ0) is 43.0. The van der Waals surface area contributed by atoms with Gasteiger partial charge in [-0.3, -0.25) is 14.4 Å². The molecule has 0 rings (SSSR count). The average Bonchev–Trinajstić information content (AvgIpc) is 3.23. The maximum atomic E-state index is 12.7. The van der Waals surface area contributed by atoms with E-state index in [1.165, 1.54) is 186 Å². The number of rotatable bonds is 48. The fourth-order valence-corrected chi connectivity index (χ4v) is 7.78. The molecule has 1 atom stereocenters. The number of esters is 3. The molecule has 6 nitrogen and oxygen atoms in total. The summed E-state index contributed by atoms with van der Waals surface area (Å²) in [7, 11) is 0. The van der Waals surface area contributed by atoms with Gasteiger partial charge < -0.3 is 14.2 Å². The largest absolute Gasteiger partial charge is 0.462 e. The van der Waals surface area contributed by atoms with Crippen molar-refractivity contribution in [3.05, 3.63) is 12.2 Å². The van der Waals surface area contributed by atoms with Gasteiger partial charge in [-0.05, 0) is 38.5 Å². The van der Waals surface area contributed by atoms with E-state index in [2.05, 4.69) is 32.9 Å². The van der Waals surface area contributed by atoms with Crippen LogP contribution in [0.5, 0.6) is 0 Å². The number of ether oxygens (including phenoxy) is 3. The van der Waals surface area contributed by atoms with E-state index in [1.54, 1.807) is 0 Å². The topological polar surface area (TPSA) is 78.9 Å². The Balaban J connectivity index is 4.20. The zero-order valence-corrected chi connectivity index (χ0v) is 39.8. The summed E-state index contributed by atoms with van der Waals surface area (Å²) in [6.45, 7) is 6.62. The number of hydrogen-bond acceptors (Lipinski definition) is 6. The van der Waals surface area contributed by atoms with Crippen LogP contribution in [0.2, 0.25) is 0 Å². The van der Waals surface area contributed by atoms with Gasteiger partial charge in [-0.2, -0.15) is 0 Å². The van der Waals surface area contributed by atoms with Crippen LogP contribution in [0, 0.1) is 0 Å². The molecule has 0 spiro atoms. The lowest BCUT2D eigenvalue weighted by atomic mass is 10.0. The number of hydrogen-bond donors (Lipinski definition) is 0. The third kappa shape index (κ3) is 47.1. The first-order valence-corrected chi connectivity index (χ1v) is 26.2. The van der Waals surface area contributed by atoms with E-state index < -0.39 is 6.10 Å². The highest BCUT2D eigenvalue weighted by Crippen LogP contribution is 2.17. The maximum absolute atomic E-state index is 12.7. The number of carbonyl (C=O) groups excluding carboxylic acids is 3. The van der Waals surface area contributed by atoms with Crippen molar-refractivity contribution in [3.8, 4) is 0 Å². The van der Waals surface area contributed by atoms with E-state index in [0.717, 1.165) is 64.2 Å². The molecule has 0 radical (unpaired) electrons. The summed E-state index contributed by atoms with van der Waals surface area (Å²) in [4.78, 5) is 37.8. The first-order valence-electron chi connectivity index (χ1n) is 26.2. The minimum absolute atomic E-state index is 0.0684. The maximum Gasteiger partial charge on any atom is 0.306 e. The van der Waals surface area contributed by atoms with E-state index in [4.69, 9.17) is 14.2 Å². The molecule has 0 fully saturated rings. The molecule has 0 aliphatic heterocycles. The van der Waals surface area contributed by atoms with Crippen LogP contribution < -0.4 is 0 Å². The van der Waals surface area contributed by atoms with E-state index in [9.17, 15) is 14.4 Å². The van der Waals surface area contributed by atoms with Gasteiger partial charge in [0.15, 0.2) is 6.10 Å². The van der Waals surface area contributed by atoms with E-state index >= 15 is 0 Å². The summed E-state index contributed by atoms with van der Waals surface area (Å²) < 4.78 is 16.8. The molecule has 0 heterocycles. The van der Waals surface area contributed by atoms with Gasteiger partial charge in [0.25, 0.3) is 0 Å². The second kappa shape index (κ2) is 48.8. The van der Waals surface area contributed by atoms with E-state index in [0.29, 0.717) is 19.3 Å². The highest BCUT2D eigenvalue weighted by molar-refractivity contribution is 5.71. The Hall–Kier alpha value is -1.85. The van der Waals surface area contributed by atoms with Crippen molar-refractivity contribution >= 4 is 17.9 Å². The van der Waals surface area contributed by atoms with Crippen LogP contribution in [0.15, 0.2) is 12.2 Å². The van der Waals surface area contributed by atoms with Crippen LogP contribution in [-0.2, 0) is 28.6 Å². The van der Waals surface area contributed by atoms with E-state index in [1.807, 2.05) is 0 Å². The molecular formula is C53H100O6. The molecule has 0 bridgehead atoms. The van der Waals surface area contributed by atoms with Crippen LogP contribution in [0.25, 0.3) is 0 Å². The molecule has 1 unspecified atom stereocenters. The third-order valence-electron chi connectivity index (χ3n) is 11.8. The zero-order valence-electron chi connectivity index (χ0n) is 39.8. The molecule has 0 amide bonds. The van der Waals surface area contributed by atoms with Gasteiger partial charge in [0.05, 0.1) is 0 Å². The van der Waals surface area contributed by atoms with Crippen LogP contribution in [0.3, 0.4) is 0 Å². The Labute approximate surface area is 367 Å². The van der Waals surface area contributed by atoms with Gasteiger partial charge in [-0.15, -0.1) is 0 Å². The van der Waals surface area contributed by atoms with Crippen molar-refractivity contribution in [1.82, 2.24) is 0 Å². The standard InChI is InChI=1S/C53H100O6/c1-4-7-10-13-16-19-22-23-24-25-26-27-28-29-30-32-34-37-40-43-46-52(55)58-49-50(48-57-51(54)45-42-39-36-33-21-18-15-12-9-6-3)59-53(56)47-44-41-38-35-31-20-17-14-11-8-5-2/h14,17,50H,4-13,15-16,18-49H2,1-3H3/b17-14-. The Morgan fingerprint density at radius 2 is 0.576 bits per heavy atom. The Morgan fingerprint density at radius 1 is 0.322 bits per heavy atom. The number of carbonyl (C=O) groups is 3. The molecular weight excluding hydrogens is 733 g/mol. The van der Waals surface area contributed by atoms with Gasteiger partial charge in [0.2, 0.25) is 0 Å². The molecule has 0 aromatic heterocycles. The van der Waals surface area contributed by atoms with Crippen molar-refractivity contribution in [1.29, 1.82) is 0 Å². The molecule has 0 saturated carbocycles. The van der Waals surface area contributed by atoms with Gasteiger partial charge in [0.1, 0.15) is 13.2 Å². The van der Waals surface area contributed by atoms with Crippen LogP contribution in [0.1, 0.15) is 290 Å². The summed E-state index contributed by atoms with van der Waals surface area (Å²) in [6, 6.07) is 0. The average molecular weight is 833 g/mol. The first-order chi connectivity index (χ1) is 29.0. The van der Waals surface area contributed by atoms with E-state index in [-0.39, 0.29) is 31.1 Å². The summed E-state index contributed by atoms with van der Waals surface area (Å²) in [5.74, 6) is -0.864. The second-order valence-corrected chi connectivity index (χ2v) is 17.8. The molecule has 0 N–H and O–H groups in total.